The molecule has 1 heterocycles. The molecule has 3 N–H and O–H groups in total. The molecule has 5 nitrogen and oxygen atoms in total. The summed E-state index contributed by atoms with van der Waals surface area (Å²) in [4.78, 5) is 16.3. The van der Waals surface area contributed by atoms with Crippen LogP contribution in [0.15, 0.2) is 24.3 Å². The average molecular weight is 293 g/mol. The molecular formula is C14H19N3O2S. The maximum absolute atomic E-state index is 11.8. The number of fused-ring (bicyclic) bond motifs is 1. The molecule has 0 saturated carbocycles. The second kappa shape index (κ2) is 6.78. The smallest absolute Gasteiger partial charge is 0.239 e. The number of nitrogens with two attached hydrogens (primary N) is 1. The van der Waals surface area contributed by atoms with Crippen LogP contribution in [0, 0.1) is 0 Å². The van der Waals surface area contributed by atoms with Crippen molar-refractivity contribution >= 4 is 27.5 Å². The average Bonchev–Trinajstić information content (AvgIpc) is 2.80. The predicted octanol–water partition coefficient (Wildman–Crippen LogP) is 1.32. The van der Waals surface area contributed by atoms with Gasteiger partial charge in [-0.25, -0.2) is 4.98 Å². The van der Waals surface area contributed by atoms with E-state index in [4.69, 9.17) is 10.5 Å². The molecule has 0 spiro atoms. The Morgan fingerprint density at radius 2 is 2.25 bits per heavy atom. The predicted molar refractivity (Wildman–Crippen MR) is 80.8 cm³/mol. The summed E-state index contributed by atoms with van der Waals surface area (Å²) < 4.78 is 6.03. The zero-order chi connectivity index (χ0) is 14.5. The lowest BCUT2D eigenvalue weighted by molar-refractivity contribution is -0.124. The van der Waals surface area contributed by atoms with Crippen LogP contribution in [0.3, 0.4) is 0 Å². The van der Waals surface area contributed by atoms with E-state index < -0.39 is 6.04 Å². The summed E-state index contributed by atoms with van der Waals surface area (Å²) in [6.07, 6.45) is 0.699. The monoisotopic (exact) mass is 293 g/mol. The number of carbonyl (C=O) groups excluding carboxylic acids is 1. The Hall–Kier alpha value is -1.50. The number of benzene rings is 1. The minimum Gasteiger partial charge on any atom is -0.383 e. The Labute approximate surface area is 122 Å². The Morgan fingerprint density at radius 3 is 2.95 bits per heavy atom. The Bertz CT molecular complexity index is 552. The molecule has 2 rings (SSSR count). The van der Waals surface area contributed by atoms with E-state index in [-0.39, 0.29) is 18.6 Å². The first-order valence-corrected chi connectivity index (χ1v) is 7.31. The van der Waals surface area contributed by atoms with E-state index in [1.807, 2.05) is 31.2 Å². The second-order valence-corrected chi connectivity index (χ2v) is 5.87. The van der Waals surface area contributed by atoms with Crippen LogP contribution in [-0.2, 0) is 16.0 Å². The van der Waals surface area contributed by atoms with Gasteiger partial charge in [0.15, 0.2) is 0 Å². The highest BCUT2D eigenvalue weighted by molar-refractivity contribution is 7.18. The molecule has 0 aliphatic heterocycles. The Morgan fingerprint density at radius 1 is 1.50 bits per heavy atom. The molecule has 20 heavy (non-hydrogen) atoms. The number of ether oxygens (including phenoxy) is 1. The molecule has 1 aromatic carbocycles. The summed E-state index contributed by atoms with van der Waals surface area (Å²) in [6, 6.07) is 7.38. The largest absolute Gasteiger partial charge is 0.383 e. The number of nitrogens with zero attached hydrogens (tertiary/aromatic N) is 1. The van der Waals surface area contributed by atoms with Crippen molar-refractivity contribution in [1.82, 2.24) is 10.3 Å². The summed E-state index contributed by atoms with van der Waals surface area (Å²) in [5.41, 5.74) is 6.68. The molecule has 2 aromatic rings. The number of para-hydroxylation sites is 1. The minimum atomic E-state index is -0.627. The van der Waals surface area contributed by atoms with E-state index in [1.54, 1.807) is 11.3 Å². The third-order valence-corrected chi connectivity index (χ3v) is 3.95. The first kappa shape index (κ1) is 14.9. The van der Waals surface area contributed by atoms with Crippen molar-refractivity contribution in [3.63, 3.8) is 0 Å². The van der Waals surface area contributed by atoms with Crippen LogP contribution in [0.25, 0.3) is 10.2 Å². The molecule has 1 aromatic heterocycles. The van der Waals surface area contributed by atoms with Gasteiger partial charge in [-0.1, -0.05) is 12.1 Å². The van der Waals surface area contributed by atoms with Gasteiger partial charge in [-0.2, -0.15) is 0 Å². The van der Waals surface area contributed by atoms with Gasteiger partial charge in [0, 0.05) is 19.6 Å². The fourth-order valence-electron chi connectivity index (χ4n) is 1.93. The lowest BCUT2D eigenvalue weighted by Crippen LogP contribution is -2.47. The number of aromatic nitrogens is 1. The van der Waals surface area contributed by atoms with Crippen molar-refractivity contribution in [3.05, 3.63) is 29.3 Å². The number of methoxy groups -OCH3 is 1. The van der Waals surface area contributed by atoms with Crippen molar-refractivity contribution in [3.8, 4) is 0 Å². The molecule has 0 radical (unpaired) electrons. The van der Waals surface area contributed by atoms with Gasteiger partial charge < -0.3 is 15.8 Å². The van der Waals surface area contributed by atoms with Gasteiger partial charge in [0.05, 0.1) is 21.8 Å². The van der Waals surface area contributed by atoms with Gasteiger partial charge in [-0.05, 0) is 19.1 Å². The third kappa shape index (κ3) is 3.75. The summed E-state index contributed by atoms with van der Waals surface area (Å²) in [6.45, 7) is 2.17. The maximum Gasteiger partial charge on any atom is 0.239 e. The summed E-state index contributed by atoms with van der Waals surface area (Å²) in [7, 11) is 1.53. The number of thiazole rings is 1. The van der Waals surface area contributed by atoms with Crippen LogP contribution >= 0.6 is 11.3 Å². The van der Waals surface area contributed by atoms with Gasteiger partial charge in [-0.3, -0.25) is 4.79 Å². The summed E-state index contributed by atoms with van der Waals surface area (Å²) in [5, 5.41) is 3.89. The lowest BCUT2D eigenvalue weighted by Gasteiger charge is -2.16. The van der Waals surface area contributed by atoms with Crippen molar-refractivity contribution in [2.24, 2.45) is 5.73 Å². The van der Waals surface area contributed by atoms with E-state index in [9.17, 15) is 4.79 Å². The molecular weight excluding hydrogens is 274 g/mol. The van der Waals surface area contributed by atoms with Crippen LogP contribution in [0.2, 0.25) is 0 Å². The minimum absolute atomic E-state index is 0.00836. The first-order valence-electron chi connectivity index (χ1n) is 6.49. The van der Waals surface area contributed by atoms with Crippen molar-refractivity contribution < 1.29 is 9.53 Å². The van der Waals surface area contributed by atoms with Crippen LogP contribution in [-0.4, -0.2) is 36.7 Å². The molecule has 1 amide bonds. The quantitative estimate of drug-likeness (QED) is 0.842. The fourth-order valence-corrected chi connectivity index (χ4v) is 3.02. The van der Waals surface area contributed by atoms with E-state index in [0.29, 0.717) is 6.42 Å². The van der Waals surface area contributed by atoms with Crippen LogP contribution in [0.1, 0.15) is 11.9 Å². The topological polar surface area (TPSA) is 77.2 Å². The van der Waals surface area contributed by atoms with Crippen molar-refractivity contribution in [1.29, 1.82) is 0 Å². The number of hydrogen-bond donors (Lipinski definition) is 2. The molecule has 0 fully saturated rings. The van der Waals surface area contributed by atoms with Gasteiger partial charge in [0.2, 0.25) is 5.91 Å². The molecule has 2 unspecified atom stereocenters. The molecule has 0 aliphatic rings. The van der Waals surface area contributed by atoms with Gasteiger partial charge in [0.25, 0.3) is 0 Å². The first-order chi connectivity index (χ1) is 9.60. The number of rotatable bonds is 6. The van der Waals surface area contributed by atoms with Gasteiger partial charge in [-0.15, -0.1) is 11.3 Å². The van der Waals surface area contributed by atoms with E-state index in [0.717, 1.165) is 15.2 Å². The zero-order valence-corrected chi connectivity index (χ0v) is 12.4. The molecule has 108 valence electrons. The maximum atomic E-state index is 11.8. The highest BCUT2D eigenvalue weighted by Gasteiger charge is 2.16. The van der Waals surface area contributed by atoms with Gasteiger partial charge >= 0.3 is 0 Å². The zero-order valence-electron chi connectivity index (χ0n) is 11.6. The Kier molecular flexibility index (Phi) is 5.05. The Balaban J connectivity index is 1.94. The summed E-state index contributed by atoms with van der Waals surface area (Å²) >= 11 is 1.65. The number of amides is 1. The van der Waals surface area contributed by atoms with Crippen LogP contribution in [0.4, 0.5) is 0 Å². The van der Waals surface area contributed by atoms with E-state index in [1.165, 1.54) is 7.11 Å². The molecule has 6 heteroatoms. The molecule has 0 aliphatic carbocycles. The SMILES string of the molecule is COCC(N)C(=O)NC(C)Cc1nc2ccccc2s1. The summed E-state index contributed by atoms with van der Waals surface area (Å²) in [5.74, 6) is -0.194. The standard InChI is InChI=1S/C14H19N3O2S/c1-9(16-14(18)10(15)8-19-2)7-13-17-11-5-3-4-6-12(11)20-13/h3-6,9-10H,7-8,15H2,1-2H3,(H,16,18). The fraction of sp³-hybridized carbons (Fsp3) is 0.429. The molecule has 2 atom stereocenters. The number of nitrogens with one attached hydrogen (secondary N) is 1. The van der Waals surface area contributed by atoms with Crippen LogP contribution < -0.4 is 11.1 Å². The normalized spacial score (nSPS) is 14.2. The molecule has 0 saturated heterocycles. The highest BCUT2D eigenvalue weighted by atomic mass is 32.1. The lowest BCUT2D eigenvalue weighted by atomic mass is 10.2. The van der Waals surface area contributed by atoms with Gasteiger partial charge in [0.1, 0.15) is 6.04 Å². The number of hydrogen-bond acceptors (Lipinski definition) is 5. The number of carbonyl (C=O) groups is 1. The van der Waals surface area contributed by atoms with Crippen LogP contribution in [0.5, 0.6) is 0 Å². The van der Waals surface area contributed by atoms with Crippen molar-refractivity contribution in [2.75, 3.05) is 13.7 Å². The van der Waals surface area contributed by atoms with Crippen molar-refractivity contribution in [2.45, 2.75) is 25.4 Å². The highest BCUT2D eigenvalue weighted by Crippen LogP contribution is 2.22. The van der Waals surface area contributed by atoms with E-state index >= 15 is 0 Å². The molecule has 0 bridgehead atoms. The van der Waals surface area contributed by atoms with E-state index in [2.05, 4.69) is 10.3 Å². The third-order valence-electron chi connectivity index (χ3n) is 2.89. The second-order valence-electron chi connectivity index (χ2n) is 4.75.